The molecular weight excluding hydrogens is 203 g/mol. The molecule has 16 heavy (non-hydrogen) atoms. The molecule has 0 aliphatic heterocycles. The van der Waals surface area contributed by atoms with Crippen molar-refractivity contribution in [3.63, 3.8) is 0 Å². The van der Waals surface area contributed by atoms with Crippen LogP contribution in [-0.2, 0) is 0 Å². The van der Waals surface area contributed by atoms with Crippen LogP contribution in [0.4, 0.5) is 4.39 Å². The molecule has 0 saturated carbocycles. The molecule has 0 aliphatic rings. The first-order chi connectivity index (χ1) is 7.29. The maximum absolute atomic E-state index is 13.8. The summed E-state index contributed by atoms with van der Waals surface area (Å²) >= 11 is 0. The van der Waals surface area contributed by atoms with Crippen LogP contribution in [0.15, 0.2) is 12.1 Å². The van der Waals surface area contributed by atoms with Gasteiger partial charge in [0.2, 0.25) is 0 Å². The second kappa shape index (κ2) is 4.36. The van der Waals surface area contributed by atoms with Crippen LogP contribution in [-0.4, -0.2) is 5.78 Å². The fraction of sp³-hybridized carbons (Fsp3) is 0.500. The molecule has 1 aromatic rings. The molecule has 0 radical (unpaired) electrons. The molecule has 0 spiro atoms. The first kappa shape index (κ1) is 12.9. The number of carbonyl (C=O) groups excluding carboxylic acids is 1. The van der Waals surface area contributed by atoms with Gasteiger partial charge in [0.05, 0.1) is 5.56 Å². The van der Waals surface area contributed by atoms with Gasteiger partial charge in [-0.2, -0.15) is 0 Å². The van der Waals surface area contributed by atoms with Gasteiger partial charge in [0.1, 0.15) is 5.82 Å². The number of benzene rings is 1. The Bertz CT molecular complexity index is 396. The van der Waals surface area contributed by atoms with Crippen LogP contribution in [0.1, 0.15) is 48.7 Å². The molecule has 0 saturated heterocycles. The number of halogens is 1. The van der Waals surface area contributed by atoms with Gasteiger partial charge in [0.15, 0.2) is 5.78 Å². The van der Waals surface area contributed by atoms with Gasteiger partial charge in [-0.15, -0.1) is 0 Å². The minimum atomic E-state index is -0.499. The van der Waals surface area contributed by atoms with Gasteiger partial charge < -0.3 is 0 Å². The first-order valence-corrected chi connectivity index (χ1v) is 5.61. The van der Waals surface area contributed by atoms with E-state index in [0.717, 1.165) is 11.1 Å². The van der Waals surface area contributed by atoms with E-state index in [0.29, 0.717) is 6.42 Å². The predicted octanol–water partition coefficient (Wildman–Crippen LogP) is 4.06. The van der Waals surface area contributed by atoms with Gasteiger partial charge in [-0.3, -0.25) is 4.79 Å². The smallest absolute Gasteiger partial charge is 0.171 e. The summed E-state index contributed by atoms with van der Waals surface area (Å²) < 4.78 is 13.8. The monoisotopic (exact) mass is 222 g/mol. The summed E-state index contributed by atoms with van der Waals surface area (Å²) in [5, 5.41) is 0. The Morgan fingerprint density at radius 1 is 1.31 bits per heavy atom. The van der Waals surface area contributed by atoms with E-state index in [1.807, 2.05) is 33.8 Å². The minimum Gasteiger partial charge on any atom is -0.293 e. The first-order valence-electron chi connectivity index (χ1n) is 5.61. The molecule has 0 aliphatic carbocycles. The topological polar surface area (TPSA) is 17.1 Å². The summed E-state index contributed by atoms with van der Waals surface area (Å²) in [4.78, 5) is 12.2. The SMILES string of the molecule is CCC(C)(C)C(=O)c1c(C)cc(C)cc1F. The van der Waals surface area contributed by atoms with Crippen LogP contribution in [0.5, 0.6) is 0 Å². The fourth-order valence-electron chi connectivity index (χ4n) is 1.70. The van der Waals surface area contributed by atoms with Crippen LogP contribution in [0, 0.1) is 25.1 Å². The summed E-state index contributed by atoms with van der Waals surface area (Å²) in [6.45, 7) is 9.27. The molecule has 1 nitrogen and oxygen atoms in total. The molecule has 0 atom stereocenters. The van der Waals surface area contributed by atoms with E-state index in [2.05, 4.69) is 0 Å². The zero-order chi connectivity index (χ0) is 12.5. The molecule has 0 heterocycles. The molecule has 0 aromatic heterocycles. The third kappa shape index (κ3) is 2.31. The molecule has 88 valence electrons. The zero-order valence-electron chi connectivity index (χ0n) is 10.6. The Hall–Kier alpha value is -1.18. The van der Waals surface area contributed by atoms with Crippen molar-refractivity contribution in [3.8, 4) is 0 Å². The Morgan fingerprint density at radius 3 is 2.31 bits per heavy atom. The van der Waals surface area contributed by atoms with Crippen molar-refractivity contribution in [2.45, 2.75) is 41.0 Å². The Morgan fingerprint density at radius 2 is 1.88 bits per heavy atom. The van der Waals surface area contributed by atoms with Crippen LogP contribution < -0.4 is 0 Å². The molecule has 1 rings (SSSR count). The molecular formula is C14H19FO. The Kier molecular flexibility index (Phi) is 3.51. The van der Waals surface area contributed by atoms with E-state index in [-0.39, 0.29) is 11.3 Å². The lowest BCUT2D eigenvalue weighted by atomic mass is 9.80. The Labute approximate surface area is 96.7 Å². The van der Waals surface area contributed by atoms with Gasteiger partial charge in [-0.1, -0.05) is 26.8 Å². The standard InChI is InChI=1S/C14H19FO/c1-6-14(4,5)13(16)12-10(3)7-9(2)8-11(12)15/h7-8H,6H2,1-5H3. The van der Waals surface area contributed by atoms with Gasteiger partial charge in [-0.25, -0.2) is 4.39 Å². The maximum atomic E-state index is 13.8. The number of rotatable bonds is 3. The van der Waals surface area contributed by atoms with Gasteiger partial charge in [0.25, 0.3) is 0 Å². The van der Waals surface area contributed by atoms with Crippen LogP contribution in [0.25, 0.3) is 0 Å². The zero-order valence-corrected chi connectivity index (χ0v) is 10.6. The van der Waals surface area contributed by atoms with E-state index < -0.39 is 11.2 Å². The lowest BCUT2D eigenvalue weighted by Crippen LogP contribution is -2.25. The summed E-state index contributed by atoms with van der Waals surface area (Å²) in [6, 6.07) is 3.27. The highest BCUT2D eigenvalue weighted by atomic mass is 19.1. The number of hydrogen-bond acceptors (Lipinski definition) is 1. The fourth-order valence-corrected chi connectivity index (χ4v) is 1.70. The van der Waals surface area contributed by atoms with Crippen molar-refractivity contribution in [2.24, 2.45) is 5.41 Å². The maximum Gasteiger partial charge on any atom is 0.171 e. The summed E-state index contributed by atoms with van der Waals surface area (Å²) in [7, 11) is 0. The van der Waals surface area contributed by atoms with Crippen molar-refractivity contribution >= 4 is 5.78 Å². The normalized spacial score (nSPS) is 11.6. The predicted molar refractivity (Wildman–Crippen MR) is 64.3 cm³/mol. The third-order valence-electron chi connectivity index (χ3n) is 3.16. The van der Waals surface area contributed by atoms with E-state index in [4.69, 9.17) is 0 Å². The van der Waals surface area contributed by atoms with E-state index in [1.54, 1.807) is 6.92 Å². The second-order valence-corrected chi connectivity index (χ2v) is 5.01. The van der Waals surface area contributed by atoms with Crippen molar-refractivity contribution in [2.75, 3.05) is 0 Å². The van der Waals surface area contributed by atoms with Crippen LogP contribution in [0.2, 0.25) is 0 Å². The highest BCUT2D eigenvalue weighted by Gasteiger charge is 2.29. The highest BCUT2D eigenvalue weighted by Crippen LogP contribution is 2.29. The average molecular weight is 222 g/mol. The van der Waals surface area contributed by atoms with E-state index in [1.165, 1.54) is 6.07 Å². The van der Waals surface area contributed by atoms with Crippen molar-refractivity contribution in [1.82, 2.24) is 0 Å². The van der Waals surface area contributed by atoms with Gasteiger partial charge >= 0.3 is 0 Å². The summed E-state index contributed by atoms with van der Waals surface area (Å²) in [5.41, 5.74) is 1.32. The number of ketones is 1. The average Bonchev–Trinajstić information content (AvgIpc) is 2.15. The lowest BCUT2D eigenvalue weighted by Gasteiger charge is -2.22. The van der Waals surface area contributed by atoms with Crippen LogP contribution in [0.3, 0.4) is 0 Å². The summed E-state index contributed by atoms with van der Waals surface area (Å²) in [6.07, 6.45) is 0.707. The minimum absolute atomic E-state index is 0.106. The Balaban J connectivity index is 3.30. The van der Waals surface area contributed by atoms with Crippen molar-refractivity contribution in [3.05, 3.63) is 34.6 Å². The lowest BCUT2D eigenvalue weighted by molar-refractivity contribution is 0.0828. The third-order valence-corrected chi connectivity index (χ3v) is 3.16. The quantitative estimate of drug-likeness (QED) is 0.705. The molecule has 0 fully saturated rings. The van der Waals surface area contributed by atoms with E-state index in [9.17, 15) is 9.18 Å². The number of Topliss-reactive ketones (excluding diaryl/α,β-unsaturated/α-hetero) is 1. The molecule has 0 bridgehead atoms. The molecule has 0 amide bonds. The van der Waals surface area contributed by atoms with Gasteiger partial charge in [0, 0.05) is 5.41 Å². The largest absolute Gasteiger partial charge is 0.293 e. The summed E-state index contributed by atoms with van der Waals surface area (Å²) in [5.74, 6) is -0.506. The number of hydrogen-bond donors (Lipinski definition) is 0. The molecule has 1 aromatic carbocycles. The second-order valence-electron chi connectivity index (χ2n) is 5.01. The van der Waals surface area contributed by atoms with Gasteiger partial charge in [-0.05, 0) is 37.5 Å². The number of carbonyl (C=O) groups is 1. The highest BCUT2D eigenvalue weighted by molar-refractivity contribution is 6.01. The van der Waals surface area contributed by atoms with E-state index >= 15 is 0 Å². The number of aryl methyl sites for hydroxylation is 2. The van der Waals surface area contributed by atoms with Crippen LogP contribution >= 0.6 is 0 Å². The molecule has 0 unspecified atom stereocenters. The van der Waals surface area contributed by atoms with Crippen molar-refractivity contribution < 1.29 is 9.18 Å². The molecule has 0 N–H and O–H groups in total. The molecule has 2 heteroatoms. The van der Waals surface area contributed by atoms with Crippen molar-refractivity contribution in [1.29, 1.82) is 0 Å².